The zero-order chi connectivity index (χ0) is 12.9. The van der Waals surface area contributed by atoms with Crippen LogP contribution in [0.5, 0.6) is 0 Å². The minimum atomic E-state index is 0.525. The molecule has 2 nitrogen and oxygen atoms in total. The van der Waals surface area contributed by atoms with Crippen molar-refractivity contribution in [2.45, 2.75) is 59.9 Å². The predicted octanol–water partition coefficient (Wildman–Crippen LogP) is 3.13. The summed E-state index contributed by atoms with van der Waals surface area (Å²) in [6.45, 7) is 16.6. The monoisotopic (exact) mass is 240 g/mol. The molecule has 1 rings (SSSR count). The van der Waals surface area contributed by atoms with Gasteiger partial charge in [0, 0.05) is 25.7 Å². The Kier molecular flexibility index (Phi) is 5.94. The van der Waals surface area contributed by atoms with E-state index in [1.165, 1.54) is 45.4 Å². The maximum absolute atomic E-state index is 3.60. The lowest BCUT2D eigenvalue weighted by molar-refractivity contribution is 0.0827. The first-order valence-electron chi connectivity index (χ1n) is 7.44. The van der Waals surface area contributed by atoms with Crippen molar-refractivity contribution in [2.24, 2.45) is 11.3 Å². The Morgan fingerprint density at radius 1 is 1.24 bits per heavy atom. The number of hydrogen-bond acceptors (Lipinski definition) is 2. The lowest BCUT2D eigenvalue weighted by atomic mass is 9.77. The smallest absolute Gasteiger partial charge is 0.00529 e. The third kappa shape index (κ3) is 4.59. The maximum atomic E-state index is 3.60. The van der Waals surface area contributed by atoms with Crippen LogP contribution in [-0.4, -0.2) is 37.1 Å². The zero-order valence-electron chi connectivity index (χ0n) is 12.6. The van der Waals surface area contributed by atoms with Gasteiger partial charge in [-0.2, -0.15) is 0 Å². The second kappa shape index (κ2) is 6.75. The lowest BCUT2D eigenvalue weighted by Gasteiger charge is -2.43. The van der Waals surface area contributed by atoms with Crippen molar-refractivity contribution in [1.29, 1.82) is 0 Å². The van der Waals surface area contributed by atoms with Crippen molar-refractivity contribution in [3.63, 3.8) is 0 Å². The van der Waals surface area contributed by atoms with Crippen LogP contribution < -0.4 is 5.32 Å². The Bertz CT molecular complexity index is 205. The van der Waals surface area contributed by atoms with Crippen LogP contribution in [0, 0.1) is 11.3 Å². The van der Waals surface area contributed by atoms with E-state index in [2.05, 4.69) is 44.8 Å². The van der Waals surface area contributed by atoms with E-state index < -0.39 is 0 Å². The van der Waals surface area contributed by atoms with E-state index in [9.17, 15) is 0 Å². The summed E-state index contributed by atoms with van der Waals surface area (Å²) in [6.07, 6.45) is 4.06. The molecule has 102 valence electrons. The van der Waals surface area contributed by atoms with Crippen LogP contribution in [0.25, 0.3) is 0 Å². The van der Waals surface area contributed by atoms with Crippen molar-refractivity contribution < 1.29 is 0 Å². The first-order chi connectivity index (χ1) is 7.99. The molecular weight excluding hydrogens is 208 g/mol. The molecule has 0 spiro atoms. The quantitative estimate of drug-likeness (QED) is 0.767. The molecule has 1 aliphatic heterocycles. The number of rotatable bonds is 6. The van der Waals surface area contributed by atoms with Gasteiger partial charge < -0.3 is 10.2 Å². The molecule has 17 heavy (non-hydrogen) atoms. The maximum Gasteiger partial charge on any atom is 0.00529 e. The lowest BCUT2D eigenvalue weighted by Crippen LogP contribution is -2.49. The highest BCUT2D eigenvalue weighted by Crippen LogP contribution is 2.31. The molecule has 2 heteroatoms. The molecule has 0 radical (unpaired) electrons. The van der Waals surface area contributed by atoms with Gasteiger partial charge in [-0.15, -0.1) is 0 Å². The van der Waals surface area contributed by atoms with Crippen LogP contribution in [-0.2, 0) is 0 Å². The van der Waals surface area contributed by atoms with Crippen molar-refractivity contribution in [2.75, 3.05) is 26.2 Å². The van der Waals surface area contributed by atoms with Crippen molar-refractivity contribution in [1.82, 2.24) is 10.2 Å². The number of hydrogen-bond donors (Lipinski definition) is 1. The Labute approximate surface area is 108 Å². The topological polar surface area (TPSA) is 15.3 Å². The summed E-state index contributed by atoms with van der Waals surface area (Å²) in [6, 6.07) is 0.669. The summed E-state index contributed by atoms with van der Waals surface area (Å²) < 4.78 is 0. The van der Waals surface area contributed by atoms with E-state index in [0.29, 0.717) is 11.5 Å². The molecule has 0 aliphatic carbocycles. The van der Waals surface area contributed by atoms with Gasteiger partial charge in [0.25, 0.3) is 0 Å². The normalized spacial score (nSPS) is 26.1. The Morgan fingerprint density at radius 3 is 2.35 bits per heavy atom. The fourth-order valence-electron chi connectivity index (χ4n) is 2.94. The second-order valence-corrected chi connectivity index (χ2v) is 6.55. The van der Waals surface area contributed by atoms with Crippen LogP contribution in [0.3, 0.4) is 0 Å². The summed E-state index contributed by atoms with van der Waals surface area (Å²) in [5, 5.41) is 3.60. The molecule has 0 saturated carbocycles. The van der Waals surface area contributed by atoms with Gasteiger partial charge in [0.1, 0.15) is 0 Å². The number of nitrogens with zero attached hydrogens (tertiary/aromatic N) is 1. The summed E-state index contributed by atoms with van der Waals surface area (Å²) >= 11 is 0. The molecule has 1 atom stereocenters. The second-order valence-electron chi connectivity index (χ2n) is 6.55. The van der Waals surface area contributed by atoms with Gasteiger partial charge in [0.05, 0.1) is 0 Å². The average molecular weight is 240 g/mol. The molecule has 1 fully saturated rings. The highest BCUT2D eigenvalue weighted by atomic mass is 15.2. The van der Waals surface area contributed by atoms with Gasteiger partial charge in [0.15, 0.2) is 0 Å². The highest BCUT2D eigenvalue weighted by molar-refractivity contribution is 4.88. The van der Waals surface area contributed by atoms with E-state index in [1.807, 2.05) is 0 Å². The van der Waals surface area contributed by atoms with Gasteiger partial charge in [-0.3, -0.25) is 0 Å². The van der Waals surface area contributed by atoms with E-state index in [1.54, 1.807) is 0 Å². The van der Waals surface area contributed by atoms with Crippen LogP contribution >= 0.6 is 0 Å². The standard InChI is InChI=1S/C15H32N2/c1-6-15(8-7-9-16-11-15)12-17(14(4)5)10-13(2)3/h13-14,16H,6-12H2,1-5H3. The minimum Gasteiger partial charge on any atom is -0.316 e. The molecule has 0 aromatic carbocycles. The van der Waals surface area contributed by atoms with E-state index >= 15 is 0 Å². The van der Waals surface area contributed by atoms with Crippen LogP contribution in [0.15, 0.2) is 0 Å². The fourth-order valence-corrected chi connectivity index (χ4v) is 2.94. The highest BCUT2D eigenvalue weighted by Gasteiger charge is 2.32. The summed E-state index contributed by atoms with van der Waals surface area (Å²) in [4.78, 5) is 2.68. The average Bonchev–Trinajstić information content (AvgIpc) is 2.29. The largest absolute Gasteiger partial charge is 0.316 e. The first kappa shape index (κ1) is 15.0. The Hall–Kier alpha value is -0.0800. The molecular formula is C15H32N2. The van der Waals surface area contributed by atoms with E-state index in [4.69, 9.17) is 0 Å². The molecule has 0 aromatic heterocycles. The molecule has 0 amide bonds. The summed E-state index contributed by atoms with van der Waals surface area (Å²) in [7, 11) is 0. The van der Waals surface area contributed by atoms with Gasteiger partial charge in [-0.05, 0) is 51.0 Å². The SMILES string of the molecule is CCC1(CN(CC(C)C)C(C)C)CCCNC1. The van der Waals surface area contributed by atoms with Crippen LogP contribution in [0.4, 0.5) is 0 Å². The summed E-state index contributed by atoms with van der Waals surface area (Å²) in [5.74, 6) is 0.767. The molecule has 1 aliphatic rings. The molecule has 0 aromatic rings. The van der Waals surface area contributed by atoms with Crippen LogP contribution in [0.2, 0.25) is 0 Å². The predicted molar refractivity (Wildman–Crippen MR) is 76.4 cm³/mol. The van der Waals surface area contributed by atoms with Gasteiger partial charge >= 0.3 is 0 Å². The zero-order valence-corrected chi connectivity index (χ0v) is 12.6. The fraction of sp³-hybridized carbons (Fsp3) is 1.00. The number of nitrogens with one attached hydrogen (secondary N) is 1. The molecule has 1 heterocycles. The van der Waals surface area contributed by atoms with E-state index in [0.717, 1.165) is 5.92 Å². The first-order valence-corrected chi connectivity index (χ1v) is 7.44. The van der Waals surface area contributed by atoms with Crippen molar-refractivity contribution in [3.05, 3.63) is 0 Å². The third-order valence-electron chi connectivity index (χ3n) is 4.18. The van der Waals surface area contributed by atoms with Crippen molar-refractivity contribution in [3.8, 4) is 0 Å². The number of piperidine rings is 1. The van der Waals surface area contributed by atoms with Gasteiger partial charge in [-0.25, -0.2) is 0 Å². The minimum absolute atomic E-state index is 0.525. The molecule has 0 bridgehead atoms. The molecule has 1 unspecified atom stereocenters. The van der Waals surface area contributed by atoms with Crippen molar-refractivity contribution >= 4 is 0 Å². The van der Waals surface area contributed by atoms with Gasteiger partial charge in [0.2, 0.25) is 0 Å². The Morgan fingerprint density at radius 2 is 1.94 bits per heavy atom. The third-order valence-corrected chi connectivity index (χ3v) is 4.18. The van der Waals surface area contributed by atoms with Crippen LogP contribution in [0.1, 0.15) is 53.9 Å². The molecule has 1 saturated heterocycles. The Balaban J connectivity index is 2.62. The van der Waals surface area contributed by atoms with E-state index in [-0.39, 0.29) is 0 Å². The molecule has 1 N–H and O–H groups in total. The van der Waals surface area contributed by atoms with Gasteiger partial charge in [-0.1, -0.05) is 20.8 Å². The summed E-state index contributed by atoms with van der Waals surface area (Å²) in [5.41, 5.74) is 0.525.